The highest BCUT2D eigenvalue weighted by Gasteiger charge is 2.14. The fourth-order valence-electron chi connectivity index (χ4n) is 2.02. The number of nitrogens with one attached hydrogen (secondary N) is 1. The van der Waals surface area contributed by atoms with Crippen molar-refractivity contribution in [1.82, 2.24) is 14.8 Å². The number of carbonyl (C=O) groups is 1. The van der Waals surface area contributed by atoms with E-state index in [0.29, 0.717) is 10.8 Å². The van der Waals surface area contributed by atoms with Crippen molar-refractivity contribution < 1.29 is 4.79 Å². The molecule has 2 aromatic heterocycles. The lowest BCUT2D eigenvalue weighted by molar-refractivity contribution is 0.101. The Morgan fingerprint density at radius 3 is 2.79 bits per heavy atom. The molecule has 0 spiro atoms. The van der Waals surface area contributed by atoms with E-state index < -0.39 is 0 Å². The number of aryl methyl sites for hydroxylation is 2. The molecule has 0 aliphatic carbocycles. The molecule has 0 radical (unpaired) electrons. The van der Waals surface area contributed by atoms with Crippen molar-refractivity contribution >= 4 is 33.3 Å². The van der Waals surface area contributed by atoms with Crippen LogP contribution >= 0.6 is 11.3 Å². The van der Waals surface area contributed by atoms with Crippen LogP contribution in [-0.2, 0) is 7.05 Å². The monoisotopic (exact) mass is 272 g/mol. The Morgan fingerprint density at radius 1 is 1.32 bits per heavy atom. The summed E-state index contributed by atoms with van der Waals surface area (Å²) in [5.41, 5.74) is 1.63. The van der Waals surface area contributed by atoms with Gasteiger partial charge in [-0.3, -0.25) is 10.1 Å². The van der Waals surface area contributed by atoms with Crippen molar-refractivity contribution in [3.63, 3.8) is 0 Å². The van der Waals surface area contributed by atoms with Crippen molar-refractivity contribution in [3.8, 4) is 0 Å². The lowest BCUT2D eigenvalue weighted by Crippen LogP contribution is -2.15. The zero-order chi connectivity index (χ0) is 13.4. The third kappa shape index (κ3) is 2.10. The second kappa shape index (κ2) is 4.47. The lowest BCUT2D eigenvalue weighted by atomic mass is 10.2. The molecular weight excluding hydrogens is 260 g/mol. The predicted molar refractivity (Wildman–Crippen MR) is 75.5 cm³/mol. The lowest BCUT2D eigenvalue weighted by Gasteiger charge is -2.03. The van der Waals surface area contributed by atoms with E-state index in [4.69, 9.17) is 0 Å². The molecule has 0 fully saturated rings. The fourth-order valence-corrected chi connectivity index (χ4v) is 2.60. The standard InChI is InChI=1S/C13H12N4OS/c1-8-15-16-13(19-8)14-12(18)11-7-9-5-3-4-6-10(9)17(11)2/h3-7H,1-2H3,(H,14,16,18). The molecule has 0 atom stereocenters. The van der Waals surface area contributed by atoms with E-state index in [-0.39, 0.29) is 5.91 Å². The van der Waals surface area contributed by atoms with Gasteiger partial charge in [-0.1, -0.05) is 29.5 Å². The van der Waals surface area contributed by atoms with E-state index in [9.17, 15) is 4.79 Å². The van der Waals surface area contributed by atoms with E-state index in [0.717, 1.165) is 15.9 Å². The summed E-state index contributed by atoms with van der Waals surface area (Å²) >= 11 is 1.36. The third-order valence-electron chi connectivity index (χ3n) is 2.93. The highest BCUT2D eigenvalue weighted by molar-refractivity contribution is 7.15. The Hall–Kier alpha value is -2.21. The van der Waals surface area contributed by atoms with Crippen LogP contribution in [0.3, 0.4) is 0 Å². The van der Waals surface area contributed by atoms with Crippen LogP contribution in [0.5, 0.6) is 0 Å². The molecule has 96 valence electrons. The van der Waals surface area contributed by atoms with Gasteiger partial charge >= 0.3 is 0 Å². The summed E-state index contributed by atoms with van der Waals surface area (Å²) in [7, 11) is 1.88. The van der Waals surface area contributed by atoms with Gasteiger partial charge in [-0.2, -0.15) is 0 Å². The zero-order valence-electron chi connectivity index (χ0n) is 10.5. The molecule has 1 amide bonds. The van der Waals surface area contributed by atoms with Crippen LogP contribution in [-0.4, -0.2) is 20.7 Å². The summed E-state index contributed by atoms with van der Waals surface area (Å²) in [5, 5.41) is 12.9. The second-order valence-electron chi connectivity index (χ2n) is 4.23. The van der Waals surface area contributed by atoms with Crippen molar-refractivity contribution in [2.75, 3.05) is 5.32 Å². The number of para-hydroxylation sites is 1. The zero-order valence-corrected chi connectivity index (χ0v) is 11.4. The number of rotatable bonds is 2. The summed E-state index contributed by atoms with van der Waals surface area (Å²) in [4.78, 5) is 12.2. The topological polar surface area (TPSA) is 59.8 Å². The molecule has 0 aliphatic heterocycles. The smallest absolute Gasteiger partial charge is 0.274 e. The first-order valence-electron chi connectivity index (χ1n) is 5.81. The van der Waals surface area contributed by atoms with E-state index in [1.54, 1.807) is 0 Å². The third-order valence-corrected chi connectivity index (χ3v) is 3.68. The van der Waals surface area contributed by atoms with Gasteiger partial charge in [-0.05, 0) is 19.1 Å². The molecule has 0 saturated carbocycles. The maximum absolute atomic E-state index is 12.2. The summed E-state index contributed by atoms with van der Waals surface area (Å²) in [6.07, 6.45) is 0. The number of anilines is 1. The van der Waals surface area contributed by atoms with Gasteiger partial charge in [0.1, 0.15) is 10.7 Å². The van der Waals surface area contributed by atoms with Crippen LogP contribution in [0.2, 0.25) is 0 Å². The van der Waals surface area contributed by atoms with E-state index in [1.807, 2.05) is 48.9 Å². The van der Waals surface area contributed by atoms with Crippen molar-refractivity contribution in [1.29, 1.82) is 0 Å². The molecule has 5 nitrogen and oxygen atoms in total. The SMILES string of the molecule is Cc1nnc(NC(=O)c2cc3ccccc3n2C)s1. The Balaban J connectivity index is 1.95. The average molecular weight is 272 g/mol. The second-order valence-corrected chi connectivity index (χ2v) is 5.41. The molecule has 1 N–H and O–H groups in total. The van der Waals surface area contributed by atoms with E-state index >= 15 is 0 Å². The highest BCUT2D eigenvalue weighted by atomic mass is 32.1. The summed E-state index contributed by atoms with van der Waals surface area (Å²) in [5.74, 6) is -0.171. The number of hydrogen-bond acceptors (Lipinski definition) is 4. The van der Waals surface area contributed by atoms with Crippen molar-refractivity contribution in [2.24, 2.45) is 7.05 Å². The minimum Gasteiger partial charge on any atom is -0.340 e. The Labute approximate surface area is 113 Å². The molecule has 1 aromatic carbocycles. The normalized spacial score (nSPS) is 10.8. The van der Waals surface area contributed by atoms with Gasteiger partial charge in [0.25, 0.3) is 5.91 Å². The largest absolute Gasteiger partial charge is 0.340 e. The van der Waals surface area contributed by atoms with Crippen LogP contribution in [0.1, 0.15) is 15.5 Å². The predicted octanol–water partition coefficient (Wildman–Crippen LogP) is 2.59. The number of benzene rings is 1. The van der Waals surface area contributed by atoms with Gasteiger partial charge in [0.2, 0.25) is 5.13 Å². The number of aromatic nitrogens is 3. The Bertz CT molecular complexity index is 759. The van der Waals surface area contributed by atoms with Gasteiger partial charge in [-0.15, -0.1) is 10.2 Å². The Kier molecular flexibility index (Phi) is 2.79. The van der Waals surface area contributed by atoms with Crippen LogP contribution in [0.25, 0.3) is 10.9 Å². The molecular formula is C13H12N4OS. The summed E-state index contributed by atoms with van der Waals surface area (Å²) in [6, 6.07) is 9.76. The van der Waals surface area contributed by atoms with Crippen LogP contribution < -0.4 is 5.32 Å². The van der Waals surface area contributed by atoms with E-state index in [2.05, 4.69) is 15.5 Å². The van der Waals surface area contributed by atoms with Gasteiger partial charge in [0, 0.05) is 18.0 Å². The maximum atomic E-state index is 12.2. The maximum Gasteiger partial charge on any atom is 0.274 e. The molecule has 3 rings (SSSR count). The quantitative estimate of drug-likeness (QED) is 0.780. The van der Waals surface area contributed by atoms with E-state index in [1.165, 1.54) is 11.3 Å². The van der Waals surface area contributed by atoms with Crippen LogP contribution in [0, 0.1) is 6.92 Å². The molecule has 0 aliphatic rings. The van der Waals surface area contributed by atoms with Crippen LogP contribution in [0.4, 0.5) is 5.13 Å². The molecule has 2 heterocycles. The fraction of sp³-hybridized carbons (Fsp3) is 0.154. The molecule has 19 heavy (non-hydrogen) atoms. The molecule has 0 saturated heterocycles. The minimum absolute atomic E-state index is 0.171. The van der Waals surface area contributed by atoms with Gasteiger partial charge < -0.3 is 4.57 Å². The number of nitrogens with zero attached hydrogens (tertiary/aromatic N) is 3. The number of amides is 1. The summed E-state index contributed by atoms with van der Waals surface area (Å²) < 4.78 is 1.87. The van der Waals surface area contributed by atoms with Gasteiger partial charge in [0.05, 0.1) is 0 Å². The van der Waals surface area contributed by atoms with Crippen molar-refractivity contribution in [3.05, 3.63) is 41.0 Å². The summed E-state index contributed by atoms with van der Waals surface area (Å²) in [6.45, 7) is 1.85. The van der Waals surface area contributed by atoms with Crippen LogP contribution in [0.15, 0.2) is 30.3 Å². The average Bonchev–Trinajstić information content (AvgIpc) is 2.94. The Morgan fingerprint density at radius 2 is 2.11 bits per heavy atom. The number of carbonyl (C=O) groups excluding carboxylic acids is 1. The first-order valence-corrected chi connectivity index (χ1v) is 6.63. The molecule has 0 bridgehead atoms. The molecule has 6 heteroatoms. The first kappa shape index (κ1) is 11.9. The molecule has 0 unspecified atom stereocenters. The molecule has 3 aromatic rings. The van der Waals surface area contributed by atoms with Crippen molar-refractivity contribution in [2.45, 2.75) is 6.92 Å². The van der Waals surface area contributed by atoms with Gasteiger partial charge in [-0.25, -0.2) is 0 Å². The first-order chi connectivity index (χ1) is 9.15. The number of fused-ring (bicyclic) bond motifs is 1. The highest BCUT2D eigenvalue weighted by Crippen LogP contribution is 2.20. The number of hydrogen-bond donors (Lipinski definition) is 1. The van der Waals surface area contributed by atoms with Gasteiger partial charge in [0.15, 0.2) is 0 Å². The minimum atomic E-state index is -0.171.